The highest BCUT2D eigenvalue weighted by Crippen LogP contribution is 2.33. The first kappa shape index (κ1) is 42.8. The maximum atomic E-state index is 2.60. The minimum atomic E-state index is -2.18. The Kier molecular flexibility index (Phi) is 10.7. The molecule has 61 heavy (non-hydrogen) atoms. The van der Waals surface area contributed by atoms with Crippen molar-refractivity contribution in [1.29, 1.82) is 0 Å². The van der Waals surface area contributed by atoms with Gasteiger partial charge < -0.3 is 0 Å². The van der Waals surface area contributed by atoms with Crippen LogP contribution in [0.2, 0.25) is 13.1 Å². The second kappa shape index (κ2) is 15.2. The van der Waals surface area contributed by atoms with E-state index < -0.39 is 8.07 Å². The third-order valence-corrected chi connectivity index (χ3v) is 17.4. The van der Waals surface area contributed by atoms with E-state index in [-0.39, 0.29) is 35.1 Å². The molecule has 0 nitrogen and oxygen atoms in total. The monoisotopic (exact) mass is 813 g/mol. The average molecular weight is 813 g/mol. The van der Waals surface area contributed by atoms with Crippen LogP contribution in [0.25, 0.3) is 21.9 Å². The van der Waals surface area contributed by atoms with Crippen molar-refractivity contribution < 1.29 is 0 Å². The highest BCUT2D eigenvalue weighted by molar-refractivity contribution is 7.04. The van der Waals surface area contributed by atoms with Gasteiger partial charge in [-0.05, 0) is 76.2 Å². The van der Waals surface area contributed by atoms with Gasteiger partial charge in [0.2, 0.25) is 13.4 Å². The van der Waals surface area contributed by atoms with Crippen LogP contribution in [-0.4, -0.2) is 21.5 Å². The summed E-state index contributed by atoms with van der Waals surface area (Å²) in [6, 6.07) is 57.5. The summed E-state index contributed by atoms with van der Waals surface area (Å²) in [6.07, 6.45) is 0. The van der Waals surface area contributed by atoms with Crippen molar-refractivity contribution in [3.8, 4) is 11.1 Å². The SMILES string of the molecule is CC(C)(C)c1ccc(B(c2ccc(C(C)(C)C)cc2)c2ccc3c(c2)[Si](C)(C)c2cccc4c(B(c5ccc(C(C)(C)C)cc5)c5ccc(C(C)(C)C)cc5)ccc-3c24)cc1. The molecule has 0 saturated carbocycles. The van der Waals surface area contributed by atoms with Crippen LogP contribution >= 0.6 is 0 Å². The Bertz CT molecular complexity index is 2590. The van der Waals surface area contributed by atoms with Gasteiger partial charge in [0.1, 0.15) is 8.07 Å². The lowest BCUT2D eigenvalue weighted by molar-refractivity contribution is 0.590. The highest BCUT2D eigenvalue weighted by atomic mass is 28.3. The summed E-state index contributed by atoms with van der Waals surface area (Å²) < 4.78 is 0. The van der Waals surface area contributed by atoms with Crippen molar-refractivity contribution in [3.05, 3.63) is 168 Å². The summed E-state index contributed by atoms with van der Waals surface area (Å²) in [5, 5.41) is 5.90. The van der Waals surface area contributed by atoms with E-state index >= 15 is 0 Å². The summed E-state index contributed by atoms with van der Waals surface area (Å²) in [5.74, 6) is 0. The first-order valence-electron chi connectivity index (χ1n) is 22.7. The molecule has 1 aliphatic heterocycles. The molecule has 0 unspecified atom stereocenters. The fourth-order valence-electron chi connectivity index (χ4n) is 9.90. The van der Waals surface area contributed by atoms with Gasteiger partial charge in [-0.1, -0.05) is 275 Å². The van der Waals surface area contributed by atoms with E-state index in [1.54, 1.807) is 0 Å². The molecule has 0 spiro atoms. The standard InChI is InChI=1S/C58H66B2Si/c1-55(2,3)39-18-26-43(27-19-39)59(44-28-20-40(21-29-44)56(4,5)6)47-34-35-48-49-36-37-51(50-16-15-17-52(54(49)50)61(13,14)53(48)38-47)60(45-30-22-41(23-31-45)57(7,8)9)46-32-24-42(25-33-46)58(10,11)12/h15-38H,1-14H3. The van der Waals surface area contributed by atoms with Crippen molar-refractivity contribution >= 4 is 75.4 Å². The summed E-state index contributed by atoms with van der Waals surface area (Å²) in [6.45, 7) is 33.0. The third kappa shape index (κ3) is 8.05. The normalized spacial score (nSPS) is 13.9. The zero-order valence-corrected chi connectivity index (χ0v) is 40.5. The number of fused-ring (bicyclic) bond motifs is 2. The molecule has 0 amide bonds. The fourth-order valence-corrected chi connectivity index (χ4v) is 13.0. The Labute approximate surface area is 370 Å². The Morgan fingerprint density at radius 2 is 0.705 bits per heavy atom. The van der Waals surface area contributed by atoms with Crippen LogP contribution < -0.4 is 43.2 Å². The maximum absolute atomic E-state index is 2.60. The molecule has 0 aromatic heterocycles. The van der Waals surface area contributed by atoms with Gasteiger partial charge in [0.25, 0.3) is 0 Å². The minimum absolute atomic E-state index is 0.0971. The minimum Gasteiger partial charge on any atom is -0.0687 e. The van der Waals surface area contributed by atoms with E-state index in [0.29, 0.717) is 0 Å². The largest absolute Gasteiger partial charge is 0.241 e. The van der Waals surface area contributed by atoms with E-state index in [2.05, 4.69) is 242 Å². The molecule has 0 N–H and O–H groups in total. The molecule has 0 saturated heterocycles. The molecule has 0 fully saturated rings. The molecule has 308 valence electrons. The van der Waals surface area contributed by atoms with Gasteiger partial charge in [0, 0.05) is 0 Å². The Hall–Kier alpha value is -4.85. The van der Waals surface area contributed by atoms with Crippen LogP contribution in [0.5, 0.6) is 0 Å². The first-order valence-corrected chi connectivity index (χ1v) is 25.7. The van der Waals surface area contributed by atoms with E-state index in [4.69, 9.17) is 0 Å². The molecule has 7 aromatic rings. The highest BCUT2D eigenvalue weighted by Gasteiger charge is 2.38. The zero-order valence-electron chi connectivity index (χ0n) is 39.5. The number of rotatable bonds is 6. The summed E-state index contributed by atoms with van der Waals surface area (Å²) in [7, 11) is -2.18. The Morgan fingerprint density at radius 3 is 1.10 bits per heavy atom. The van der Waals surface area contributed by atoms with Crippen molar-refractivity contribution in [2.75, 3.05) is 0 Å². The zero-order chi connectivity index (χ0) is 43.9. The van der Waals surface area contributed by atoms with Crippen LogP contribution in [-0.2, 0) is 21.7 Å². The second-order valence-corrected chi connectivity index (χ2v) is 27.0. The van der Waals surface area contributed by atoms with E-state index in [0.717, 1.165) is 0 Å². The van der Waals surface area contributed by atoms with Crippen molar-refractivity contribution in [3.63, 3.8) is 0 Å². The van der Waals surface area contributed by atoms with Gasteiger partial charge in [0.15, 0.2) is 0 Å². The van der Waals surface area contributed by atoms with Crippen LogP contribution in [0.4, 0.5) is 0 Å². The lowest BCUT2D eigenvalue weighted by atomic mass is 9.36. The molecular weight excluding hydrogens is 746 g/mol. The molecule has 0 bridgehead atoms. The number of benzene rings is 7. The number of hydrogen-bond donors (Lipinski definition) is 0. The van der Waals surface area contributed by atoms with Gasteiger partial charge >= 0.3 is 0 Å². The quantitative estimate of drug-likeness (QED) is 0.147. The predicted molar refractivity (Wildman–Crippen MR) is 276 cm³/mol. The summed E-state index contributed by atoms with van der Waals surface area (Å²) in [5.41, 5.74) is 16.8. The smallest absolute Gasteiger partial charge is 0.0687 e. The predicted octanol–water partition coefficient (Wildman–Crippen LogP) is 9.87. The van der Waals surface area contributed by atoms with Gasteiger partial charge in [-0.3, -0.25) is 0 Å². The van der Waals surface area contributed by atoms with Crippen LogP contribution in [0.15, 0.2) is 146 Å². The van der Waals surface area contributed by atoms with Gasteiger partial charge in [-0.25, -0.2) is 0 Å². The Balaban J connectivity index is 1.29. The van der Waals surface area contributed by atoms with E-state index in [1.807, 2.05) is 0 Å². The molecular formula is C58H66B2Si. The van der Waals surface area contributed by atoms with Gasteiger partial charge in [-0.15, -0.1) is 0 Å². The lowest BCUT2D eigenvalue weighted by Gasteiger charge is -2.35. The first-order chi connectivity index (χ1) is 28.5. The molecule has 8 rings (SSSR count). The van der Waals surface area contributed by atoms with E-state index in [9.17, 15) is 0 Å². The van der Waals surface area contributed by atoms with Gasteiger partial charge in [-0.2, -0.15) is 0 Å². The molecule has 3 heteroatoms. The average Bonchev–Trinajstić information content (AvgIpc) is 3.20. The molecule has 1 aliphatic rings. The van der Waals surface area contributed by atoms with Crippen molar-refractivity contribution in [1.82, 2.24) is 0 Å². The molecule has 1 heterocycles. The summed E-state index contributed by atoms with van der Waals surface area (Å²) in [4.78, 5) is 0. The van der Waals surface area contributed by atoms with Crippen molar-refractivity contribution in [2.45, 2.75) is 118 Å². The van der Waals surface area contributed by atoms with Crippen LogP contribution in [0.3, 0.4) is 0 Å². The molecule has 0 atom stereocenters. The topological polar surface area (TPSA) is 0 Å². The molecule has 0 aliphatic carbocycles. The van der Waals surface area contributed by atoms with Crippen LogP contribution in [0.1, 0.15) is 105 Å². The second-order valence-electron chi connectivity index (χ2n) is 22.7. The van der Waals surface area contributed by atoms with Gasteiger partial charge in [0.05, 0.1) is 0 Å². The lowest BCUT2D eigenvalue weighted by Crippen LogP contribution is -2.59. The summed E-state index contributed by atoms with van der Waals surface area (Å²) >= 11 is 0. The molecule has 7 aromatic carbocycles. The number of hydrogen-bond acceptors (Lipinski definition) is 0. The van der Waals surface area contributed by atoms with Crippen LogP contribution in [0, 0.1) is 0 Å². The molecule has 0 radical (unpaired) electrons. The Morgan fingerprint density at radius 1 is 0.344 bits per heavy atom. The van der Waals surface area contributed by atoms with Crippen molar-refractivity contribution in [2.24, 2.45) is 0 Å². The fraction of sp³-hybridized carbons (Fsp3) is 0.310. The maximum Gasteiger partial charge on any atom is 0.241 e. The third-order valence-electron chi connectivity index (χ3n) is 13.8. The van der Waals surface area contributed by atoms with E-state index in [1.165, 1.54) is 87.3 Å².